The van der Waals surface area contributed by atoms with Crippen molar-refractivity contribution in [2.75, 3.05) is 10.2 Å². The molecule has 1 saturated heterocycles. The molecule has 6 nitrogen and oxygen atoms in total. The number of amides is 2. The van der Waals surface area contributed by atoms with Gasteiger partial charge in [0.15, 0.2) is 0 Å². The molecule has 1 N–H and O–H groups in total. The topological polar surface area (TPSA) is 67.2 Å². The molecular weight excluding hydrogens is 292 g/mol. The lowest BCUT2D eigenvalue weighted by molar-refractivity contribution is -0.117. The number of carbonyl (C=O) groups is 2. The van der Waals surface area contributed by atoms with Gasteiger partial charge < -0.3 is 10.2 Å². The van der Waals surface area contributed by atoms with E-state index in [4.69, 9.17) is 0 Å². The molecule has 3 rings (SSSR count). The van der Waals surface area contributed by atoms with Gasteiger partial charge in [-0.05, 0) is 44.5 Å². The fraction of sp³-hybridized carbons (Fsp3) is 0.353. The molecule has 2 heterocycles. The summed E-state index contributed by atoms with van der Waals surface area (Å²) in [6, 6.07) is 7.59. The molecule has 0 spiro atoms. The van der Waals surface area contributed by atoms with Crippen LogP contribution < -0.4 is 10.2 Å². The summed E-state index contributed by atoms with van der Waals surface area (Å²) in [5.41, 5.74) is 2.81. The second kappa shape index (κ2) is 5.87. The molecule has 1 aliphatic heterocycles. The zero-order chi connectivity index (χ0) is 16.6. The predicted octanol–water partition coefficient (Wildman–Crippen LogP) is 2.50. The van der Waals surface area contributed by atoms with Crippen LogP contribution in [-0.4, -0.2) is 27.6 Å². The molecule has 1 atom stereocenters. The highest BCUT2D eigenvalue weighted by atomic mass is 16.2. The highest BCUT2D eigenvalue weighted by Crippen LogP contribution is 2.27. The molecule has 6 heteroatoms. The van der Waals surface area contributed by atoms with Crippen LogP contribution in [0.25, 0.3) is 0 Å². The zero-order valence-electron chi connectivity index (χ0n) is 13.5. The summed E-state index contributed by atoms with van der Waals surface area (Å²) in [7, 11) is 1.78. The SMILES string of the molecule is Cc1nn(C)cc1C(=O)Nc1ccc(N2C(=O)CCC2C)cc1. The van der Waals surface area contributed by atoms with Crippen molar-refractivity contribution in [3.05, 3.63) is 41.7 Å². The van der Waals surface area contributed by atoms with E-state index in [-0.39, 0.29) is 17.9 Å². The van der Waals surface area contributed by atoms with Gasteiger partial charge in [-0.15, -0.1) is 0 Å². The summed E-state index contributed by atoms with van der Waals surface area (Å²) >= 11 is 0. The molecule has 1 aliphatic rings. The normalized spacial score (nSPS) is 17.6. The Hall–Kier alpha value is -2.63. The van der Waals surface area contributed by atoms with E-state index in [9.17, 15) is 9.59 Å². The van der Waals surface area contributed by atoms with E-state index in [2.05, 4.69) is 10.4 Å². The average Bonchev–Trinajstić information content (AvgIpc) is 3.02. The van der Waals surface area contributed by atoms with E-state index >= 15 is 0 Å². The van der Waals surface area contributed by atoms with Gasteiger partial charge in [0.1, 0.15) is 0 Å². The van der Waals surface area contributed by atoms with Crippen molar-refractivity contribution in [2.24, 2.45) is 7.05 Å². The number of hydrogen-bond donors (Lipinski definition) is 1. The first-order valence-corrected chi connectivity index (χ1v) is 7.69. The Balaban J connectivity index is 1.74. The predicted molar refractivity (Wildman–Crippen MR) is 88.5 cm³/mol. The van der Waals surface area contributed by atoms with E-state index in [1.165, 1.54) is 0 Å². The molecule has 0 saturated carbocycles. The molecule has 1 fully saturated rings. The highest BCUT2D eigenvalue weighted by molar-refractivity contribution is 6.05. The van der Waals surface area contributed by atoms with Crippen molar-refractivity contribution in [1.29, 1.82) is 0 Å². The first-order chi connectivity index (χ1) is 11.0. The smallest absolute Gasteiger partial charge is 0.259 e. The standard InChI is InChI=1S/C17H20N4O2/c1-11-4-9-16(22)21(11)14-7-5-13(6-8-14)18-17(23)15-10-20(3)19-12(15)2/h5-8,10-11H,4,9H2,1-3H3,(H,18,23). The number of nitrogens with one attached hydrogen (secondary N) is 1. The maximum atomic E-state index is 12.3. The monoisotopic (exact) mass is 312 g/mol. The maximum Gasteiger partial charge on any atom is 0.259 e. The van der Waals surface area contributed by atoms with E-state index in [0.717, 1.165) is 12.1 Å². The van der Waals surface area contributed by atoms with Crippen LogP contribution in [-0.2, 0) is 11.8 Å². The Morgan fingerprint density at radius 2 is 2.00 bits per heavy atom. The van der Waals surface area contributed by atoms with Gasteiger partial charge >= 0.3 is 0 Å². The van der Waals surface area contributed by atoms with E-state index < -0.39 is 0 Å². The maximum absolute atomic E-state index is 12.3. The van der Waals surface area contributed by atoms with Crippen molar-refractivity contribution < 1.29 is 9.59 Å². The third-order valence-corrected chi connectivity index (χ3v) is 4.15. The zero-order valence-corrected chi connectivity index (χ0v) is 13.5. The largest absolute Gasteiger partial charge is 0.322 e. The van der Waals surface area contributed by atoms with Crippen LogP contribution in [0.5, 0.6) is 0 Å². The average molecular weight is 312 g/mol. The fourth-order valence-corrected chi connectivity index (χ4v) is 2.95. The number of aromatic nitrogens is 2. The second-order valence-electron chi connectivity index (χ2n) is 5.95. The van der Waals surface area contributed by atoms with E-state index in [0.29, 0.717) is 23.4 Å². The van der Waals surface area contributed by atoms with Gasteiger partial charge in [-0.3, -0.25) is 14.3 Å². The summed E-state index contributed by atoms with van der Waals surface area (Å²) < 4.78 is 1.62. The van der Waals surface area contributed by atoms with Crippen LogP contribution in [0.15, 0.2) is 30.5 Å². The first-order valence-electron chi connectivity index (χ1n) is 7.69. The fourth-order valence-electron chi connectivity index (χ4n) is 2.95. The van der Waals surface area contributed by atoms with Gasteiger partial charge in [0.05, 0.1) is 11.3 Å². The molecule has 0 radical (unpaired) electrons. The molecular formula is C17H20N4O2. The summed E-state index contributed by atoms with van der Waals surface area (Å²) in [4.78, 5) is 26.0. The number of hydrogen-bond acceptors (Lipinski definition) is 3. The summed E-state index contributed by atoms with van der Waals surface area (Å²) in [5, 5.41) is 7.03. The Morgan fingerprint density at radius 3 is 2.52 bits per heavy atom. The van der Waals surface area contributed by atoms with E-state index in [1.807, 2.05) is 36.1 Å². The highest BCUT2D eigenvalue weighted by Gasteiger charge is 2.28. The molecule has 2 amide bonds. The number of aryl methyl sites for hydroxylation is 2. The Bertz CT molecular complexity index is 748. The first kappa shape index (κ1) is 15.3. The molecule has 2 aromatic rings. The third kappa shape index (κ3) is 2.97. The van der Waals surface area contributed by atoms with Gasteiger partial charge in [-0.1, -0.05) is 0 Å². The molecule has 120 valence electrons. The lowest BCUT2D eigenvalue weighted by atomic mass is 10.2. The van der Waals surface area contributed by atoms with Gasteiger partial charge in [-0.2, -0.15) is 5.10 Å². The minimum Gasteiger partial charge on any atom is -0.322 e. The van der Waals surface area contributed by atoms with Crippen LogP contribution >= 0.6 is 0 Å². The minimum atomic E-state index is -0.186. The van der Waals surface area contributed by atoms with Crippen LogP contribution in [0.4, 0.5) is 11.4 Å². The van der Waals surface area contributed by atoms with Crippen molar-refractivity contribution in [3.63, 3.8) is 0 Å². The van der Waals surface area contributed by atoms with Crippen molar-refractivity contribution in [1.82, 2.24) is 9.78 Å². The minimum absolute atomic E-state index is 0.153. The second-order valence-corrected chi connectivity index (χ2v) is 5.95. The number of benzene rings is 1. The molecule has 1 aromatic carbocycles. The van der Waals surface area contributed by atoms with Crippen molar-refractivity contribution >= 4 is 23.2 Å². The lowest BCUT2D eigenvalue weighted by Gasteiger charge is -2.21. The summed E-state index contributed by atoms with van der Waals surface area (Å²) in [5.74, 6) is -0.0331. The summed E-state index contributed by atoms with van der Waals surface area (Å²) in [6.45, 7) is 3.85. The van der Waals surface area contributed by atoms with E-state index in [1.54, 1.807) is 24.9 Å². The molecule has 0 bridgehead atoms. The number of carbonyl (C=O) groups excluding carboxylic acids is 2. The van der Waals surface area contributed by atoms with Gasteiger partial charge in [0, 0.05) is 37.1 Å². The van der Waals surface area contributed by atoms with Crippen LogP contribution in [0.1, 0.15) is 35.8 Å². The van der Waals surface area contributed by atoms with Crippen LogP contribution in [0.3, 0.4) is 0 Å². The van der Waals surface area contributed by atoms with Crippen LogP contribution in [0, 0.1) is 6.92 Å². The van der Waals surface area contributed by atoms with Gasteiger partial charge in [0.25, 0.3) is 5.91 Å². The quantitative estimate of drug-likeness (QED) is 0.947. The molecule has 23 heavy (non-hydrogen) atoms. The summed E-state index contributed by atoms with van der Waals surface area (Å²) in [6.07, 6.45) is 3.18. The number of rotatable bonds is 3. The van der Waals surface area contributed by atoms with Gasteiger partial charge in [0.2, 0.25) is 5.91 Å². The molecule has 1 unspecified atom stereocenters. The lowest BCUT2D eigenvalue weighted by Crippen LogP contribution is -2.30. The Morgan fingerprint density at radius 1 is 1.30 bits per heavy atom. The van der Waals surface area contributed by atoms with Crippen LogP contribution in [0.2, 0.25) is 0 Å². The number of nitrogens with zero attached hydrogens (tertiary/aromatic N) is 3. The van der Waals surface area contributed by atoms with Crippen molar-refractivity contribution in [2.45, 2.75) is 32.7 Å². The number of anilines is 2. The van der Waals surface area contributed by atoms with Gasteiger partial charge in [-0.25, -0.2) is 0 Å². The molecule has 1 aromatic heterocycles. The Labute approximate surface area is 135 Å². The third-order valence-electron chi connectivity index (χ3n) is 4.15. The molecule has 0 aliphatic carbocycles. The van der Waals surface area contributed by atoms with Crippen molar-refractivity contribution in [3.8, 4) is 0 Å². The Kier molecular flexibility index (Phi) is 3.90.